The second-order valence-electron chi connectivity index (χ2n) is 2.38. The van der Waals surface area contributed by atoms with Crippen LogP contribution in [0.3, 0.4) is 0 Å². The summed E-state index contributed by atoms with van der Waals surface area (Å²) >= 11 is 0. The summed E-state index contributed by atoms with van der Waals surface area (Å²) in [5, 5.41) is 6.14. The molecule has 0 aromatic carbocycles. The molecule has 0 fully saturated rings. The van der Waals surface area contributed by atoms with Crippen LogP contribution in [0.5, 0.6) is 0 Å². The molecule has 2 heterocycles. The Morgan fingerprint density at radius 3 is 3.45 bits per heavy atom. The lowest BCUT2D eigenvalue weighted by molar-refractivity contribution is 0.761. The van der Waals surface area contributed by atoms with Gasteiger partial charge in [0.05, 0.1) is 12.7 Å². The summed E-state index contributed by atoms with van der Waals surface area (Å²) in [6.07, 6.45) is 5.69. The van der Waals surface area contributed by atoms with E-state index in [0.717, 1.165) is 18.2 Å². The highest BCUT2D eigenvalue weighted by Gasteiger charge is 2.07. The van der Waals surface area contributed by atoms with Crippen molar-refractivity contribution in [1.82, 2.24) is 14.9 Å². The van der Waals surface area contributed by atoms with E-state index < -0.39 is 0 Å². The fourth-order valence-electron chi connectivity index (χ4n) is 1.16. The van der Waals surface area contributed by atoms with Crippen molar-refractivity contribution in [2.24, 2.45) is 0 Å². The Kier molecular flexibility index (Phi) is 1.31. The van der Waals surface area contributed by atoms with Gasteiger partial charge in [0.1, 0.15) is 11.6 Å². The number of nitrogens with zero attached hydrogens (tertiary/aromatic N) is 2. The molecule has 0 atom stereocenters. The Labute approximate surface area is 64.9 Å². The molecule has 0 spiro atoms. The number of rotatable bonds is 1. The van der Waals surface area contributed by atoms with Crippen molar-refractivity contribution in [2.45, 2.75) is 6.54 Å². The van der Waals surface area contributed by atoms with E-state index >= 15 is 0 Å². The zero-order chi connectivity index (χ0) is 7.68. The summed E-state index contributed by atoms with van der Waals surface area (Å²) in [6.45, 7) is 0.804. The summed E-state index contributed by atoms with van der Waals surface area (Å²) in [6, 6.07) is 0. The predicted octanol–water partition coefficient (Wildman–Crippen LogP) is 0.456. The molecule has 1 aliphatic rings. The molecule has 4 nitrogen and oxygen atoms in total. The number of nitrogens with one attached hydrogen (secondary N) is 2. The van der Waals surface area contributed by atoms with Crippen molar-refractivity contribution in [2.75, 3.05) is 12.4 Å². The minimum absolute atomic E-state index is 0.804. The third-order valence-electron chi connectivity index (χ3n) is 1.73. The van der Waals surface area contributed by atoms with Gasteiger partial charge in [0.25, 0.3) is 0 Å². The first-order valence-corrected chi connectivity index (χ1v) is 3.56. The minimum Gasteiger partial charge on any atom is -0.382 e. The molecule has 11 heavy (non-hydrogen) atoms. The molecule has 0 bridgehead atoms. The van der Waals surface area contributed by atoms with Gasteiger partial charge in [0.2, 0.25) is 0 Å². The molecule has 2 N–H and O–H groups in total. The number of aromatic nitrogens is 2. The Hall–Kier alpha value is -1.45. The van der Waals surface area contributed by atoms with Crippen LogP contribution in [0.1, 0.15) is 5.82 Å². The Bertz CT molecular complexity index is 287. The molecule has 0 radical (unpaired) electrons. The number of fused-ring (bicyclic) bond motifs is 1. The molecule has 1 aromatic heterocycles. The maximum Gasteiger partial charge on any atom is 0.133 e. The zero-order valence-corrected chi connectivity index (χ0v) is 6.33. The van der Waals surface area contributed by atoms with E-state index in [-0.39, 0.29) is 0 Å². The molecule has 58 valence electrons. The lowest BCUT2D eigenvalue weighted by atomic mass is 10.5. The van der Waals surface area contributed by atoms with E-state index in [1.165, 1.54) is 0 Å². The van der Waals surface area contributed by atoms with Crippen LogP contribution in [0.2, 0.25) is 0 Å². The van der Waals surface area contributed by atoms with Gasteiger partial charge in [-0.15, -0.1) is 0 Å². The molecule has 0 aliphatic carbocycles. The molecule has 2 rings (SSSR count). The third-order valence-corrected chi connectivity index (χ3v) is 1.73. The monoisotopic (exact) mass is 150 g/mol. The first-order valence-electron chi connectivity index (χ1n) is 3.56. The number of anilines is 1. The van der Waals surface area contributed by atoms with Gasteiger partial charge in [-0.05, 0) is 0 Å². The first kappa shape index (κ1) is 6.27. The van der Waals surface area contributed by atoms with Gasteiger partial charge in [-0.3, -0.25) is 4.57 Å². The summed E-state index contributed by atoms with van der Waals surface area (Å²) < 4.78 is 2.02. The number of hydrogen-bond donors (Lipinski definition) is 2. The van der Waals surface area contributed by atoms with E-state index in [9.17, 15) is 0 Å². The maximum atomic E-state index is 4.21. The van der Waals surface area contributed by atoms with Crippen molar-refractivity contribution in [3.63, 3.8) is 0 Å². The first-order chi connectivity index (χ1) is 5.42. The van der Waals surface area contributed by atoms with Crippen LogP contribution in [0.4, 0.5) is 5.82 Å². The quantitative estimate of drug-likeness (QED) is 0.611. The molecular weight excluding hydrogens is 140 g/mol. The van der Waals surface area contributed by atoms with Crippen LogP contribution in [-0.4, -0.2) is 16.6 Å². The molecular formula is C7H10N4. The van der Waals surface area contributed by atoms with E-state index in [1.807, 2.05) is 30.2 Å². The second-order valence-corrected chi connectivity index (χ2v) is 2.38. The van der Waals surface area contributed by atoms with Crippen molar-refractivity contribution in [1.29, 1.82) is 0 Å². The molecule has 1 aromatic rings. The van der Waals surface area contributed by atoms with Crippen molar-refractivity contribution >= 4 is 12.0 Å². The predicted molar refractivity (Wildman–Crippen MR) is 43.9 cm³/mol. The van der Waals surface area contributed by atoms with E-state index in [4.69, 9.17) is 0 Å². The van der Waals surface area contributed by atoms with Gasteiger partial charge in [-0.2, -0.15) is 0 Å². The van der Waals surface area contributed by atoms with E-state index in [1.54, 1.807) is 0 Å². The molecule has 4 heteroatoms. The van der Waals surface area contributed by atoms with Gasteiger partial charge >= 0.3 is 0 Å². The molecule has 0 saturated carbocycles. The summed E-state index contributed by atoms with van der Waals surface area (Å²) in [7, 11) is 1.89. The van der Waals surface area contributed by atoms with Crippen LogP contribution >= 0.6 is 0 Å². The van der Waals surface area contributed by atoms with Crippen LogP contribution in [0.15, 0.2) is 12.4 Å². The van der Waals surface area contributed by atoms with Gasteiger partial charge in [-0.25, -0.2) is 4.98 Å². The second kappa shape index (κ2) is 2.30. The smallest absolute Gasteiger partial charge is 0.133 e. The number of hydrogen-bond acceptors (Lipinski definition) is 3. The van der Waals surface area contributed by atoms with Crippen molar-refractivity contribution in [3.8, 4) is 0 Å². The SMILES string of the molecule is CNc1cnc2n1C=CNC2. The number of imidazole rings is 1. The standard InChI is InChI=1S/C7H10N4/c1-8-6-5-10-7-4-9-2-3-11(6)7/h2-3,5,8-9H,4H2,1H3. The Morgan fingerprint density at radius 1 is 1.73 bits per heavy atom. The van der Waals surface area contributed by atoms with Crippen LogP contribution in [-0.2, 0) is 6.54 Å². The molecule has 0 amide bonds. The fraction of sp³-hybridized carbons (Fsp3) is 0.286. The largest absolute Gasteiger partial charge is 0.382 e. The van der Waals surface area contributed by atoms with Crippen molar-refractivity contribution < 1.29 is 0 Å². The minimum atomic E-state index is 0.804. The lowest BCUT2D eigenvalue weighted by Crippen LogP contribution is -2.15. The van der Waals surface area contributed by atoms with Gasteiger partial charge < -0.3 is 10.6 Å². The van der Waals surface area contributed by atoms with Gasteiger partial charge in [-0.1, -0.05) is 0 Å². The summed E-state index contributed by atoms with van der Waals surface area (Å²) in [5.41, 5.74) is 0. The average Bonchev–Trinajstić information content (AvgIpc) is 2.47. The summed E-state index contributed by atoms with van der Waals surface area (Å²) in [5.74, 6) is 2.06. The van der Waals surface area contributed by atoms with Gasteiger partial charge in [0, 0.05) is 19.4 Å². The highest BCUT2D eigenvalue weighted by molar-refractivity contribution is 5.45. The van der Waals surface area contributed by atoms with E-state index in [2.05, 4.69) is 15.6 Å². The zero-order valence-electron chi connectivity index (χ0n) is 6.33. The highest BCUT2D eigenvalue weighted by Crippen LogP contribution is 2.12. The maximum absolute atomic E-state index is 4.21. The normalized spacial score (nSPS) is 13.9. The van der Waals surface area contributed by atoms with E-state index in [0.29, 0.717) is 0 Å². The molecule has 0 unspecified atom stereocenters. The van der Waals surface area contributed by atoms with Gasteiger partial charge in [0.15, 0.2) is 0 Å². The third kappa shape index (κ3) is 0.869. The fourth-order valence-corrected chi connectivity index (χ4v) is 1.16. The van der Waals surface area contributed by atoms with Crippen LogP contribution in [0.25, 0.3) is 6.20 Å². The topological polar surface area (TPSA) is 41.9 Å². The highest BCUT2D eigenvalue weighted by atomic mass is 15.2. The van der Waals surface area contributed by atoms with Crippen LogP contribution < -0.4 is 10.6 Å². The Morgan fingerprint density at radius 2 is 2.64 bits per heavy atom. The Balaban J connectivity index is 2.48. The average molecular weight is 150 g/mol. The molecule has 0 saturated heterocycles. The van der Waals surface area contributed by atoms with Crippen LogP contribution in [0, 0.1) is 0 Å². The summed E-state index contributed by atoms with van der Waals surface area (Å²) in [4.78, 5) is 4.21. The molecule has 1 aliphatic heterocycles. The lowest BCUT2D eigenvalue weighted by Gasteiger charge is -2.10. The van der Waals surface area contributed by atoms with Crippen molar-refractivity contribution in [3.05, 3.63) is 18.2 Å².